The van der Waals surface area contributed by atoms with Crippen LogP contribution in [0.3, 0.4) is 0 Å². The predicted octanol–water partition coefficient (Wildman–Crippen LogP) is -0.805. The zero-order valence-corrected chi connectivity index (χ0v) is 12.9. The summed E-state index contributed by atoms with van der Waals surface area (Å²) in [5.41, 5.74) is 0. The lowest BCUT2D eigenvalue weighted by molar-refractivity contribution is -0.142. The smallest absolute Gasteiger partial charge is 0.322 e. The van der Waals surface area contributed by atoms with Gasteiger partial charge >= 0.3 is 5.97 Å². The van der Waals surface area contributed by atoms with E-state index in [-0.39, 0.29) is 31.0 Å². The number of carbonyl (C=O) groups is 1. The standard InChI is InChI=1S/C10H20N2O6S2/c1-2-19(15,16)8-6-11-20(17,18)12-7-4-3-5-9(12)10(13)14/h9,11H,2-8H2,1H3,(H,13,14). The fourth-order valence-corrected chi connectivity index (χ4v) is 4.25. The van der Waals surface area contributed by atoms with Gasteiger partial charge in [-0.25, -0.2) is 13.1 Å². The number of carboxylic acid groups (broad SMARTS) is 1. The van der Waals surface area contributed by atoms with Gasteiger partial charge in [-0.1, -0.05) is 6.92 Å². The van der Waals surface area contributed by atoms with Gasteiger partial charge in [0.05, 0.1) is 5.75 Å². The number of carboxylic acids is 1. The first kappa shape index (κ1) is 17.3. The second-order valence-electron chi connectivity index (χ2n) is 4.60. The van der Waals surface area contributed by atoms with Crippen molar-refractivity contribution in [3.8, 4) is 0 Å². The molecular weight excluding hydrogens is 308 g/mol. The number of nitrogens with one attached hydrogen (secondary N) is 1. The Morgan fingerprint density at radius 1 is 1.30 bits per heavy atom. The second-order valence-corrected chi connectivity index (χ2v) is 8.78. The monoisotopic (exact) mass is 328 g/mol. The van der Waals surface area contributed by atoms with E-state index in [1.165, 1.54) is 6.92 Å². The van der Waals surface area contributed by atoms with Gasteiger partial charge in [0.15, 0.2) is 9.84 Å². The minimum atomic E-state index is -3.97. The zero-order chi connectivity index (χ0) is 15.4. The molecule has 118 valence electrons. The van der Waals surface area contributed by atoms with E-state index in [9.17, 15) is 21.6 Å². The number of hydrogen-bond donors (Lipinski definition) is 2. The maximum Gasteiger partial charge on any atom is 0.322 e. The molecular formula is C10H20N2O6S2. The average Bonchev–Trinajstić information content (AvgIpc) is 2.38. The number of piperidine rings is 1. The Labute approximate surface area is 119 Å². The predicted molar refractivity (Wildman–Crippen MR) is 73.2 cm³/mol. The van der Waals surface area contributed by atoms with Crippen LogP contribution < -0.4 is 4.72 Å². The van der Waals surface area contributed by atoms with Crippen LogP contribution in [-0.2, 0) is 24.8 Å². The Balaban J connectivity index is 2.69. The Bertz CT molecular complexity index is 542. The molecule has 0 saturated carbocycles. The molecule has 1 saturated heterocycles. The number of hydrogen-bond acceptors (Lipinski definition) is 5. The van der Waals surface area contributed by atoms with Gasteiger partial charge in [-0.3, -0.25) is 4.79 Å². The van der Waals surface area contributed by atoms with Crippen molar-refractivity contribution in [3.05, 3.63) is 0 Å². The SMILES string of the molecule is CCS(=O)(=O)CCNS(=O)(=O)N1CCCCC1C(=O)O. The highest BCUT2D eigenvalue weighted by molar-refractivity contribution is 7.91. The van der Waals surface area contributed by atoms with E-state index in [4.69, 9.17) is 5.11 Å². The van der Waals surface area contributed by atoms with Gasteiger partial charge in [-0.05, 0) is 19.3 Å². The molecule has 1 fully saturated rings. The molecule has 0 aromatic carbocycles. The van der Waals surface area contributed by atoms with Crippen molar-refractivity contribution in [2.45, 2.75) is 32.2 Å². The Hall–Kier alpha value is -0.710. The van der Waals surface area contributed by atoms with E-state index < -0.39 is 32.1 Å². The quantitative estimate of drug-likeness (QED) is 0.631. The van der Waals surface area contributed by atoms with E-state index in [1.807, 2.05) is 0 Å². The van der Waals surface area contributed by atoms with Crippen LogP contribution in [-0.4, -0.2) is 62.9 Å². The maximum atomic E-state index is 12.0. The molecule has 1 aliphatic rings. The first-order chi connectivity index (χ1) is 9.19. The summed E-state index contributed by atoms with van der Waals surface area (Å²) in [6.07, 6.45) is 1.52. The molecule has 0 bridgehead atoms. The second kappa shape index (κ2) is 6.83. The Kier molecular flexibility index (Phi) is 5.92. The fraction of sp³-hybridized carbons (Fsp3) is 0.900. The number of sulfone groups is 1. The fourth-order valence-electron chi connectivity index (χ4n) is 1.99. The normalized spacial score (nSPS) is 21.8. The number of rotatable bonds is 7. The van der Waals surface area contributed by atoms with Crippen LogP contribution in [0.25, 0.3) is 0 Å². The molecule has 20 heavy (non-hydrogen) atoms. The third kappa shape index (κ3) is 4.69. The van der Waals surface area contributed by atoms with Crippen molar-refractivity contribution in [1.29, 1.82) is 0 Å². The van der Waals surface area contributed by atoms with Gasteiger partial charge in [0.2, 0.25) is 0 Å². The van der Waals surface area contributed by atoms with Crippen LogP contribution in [0.15, 0.2) is 0 Å². The van der Waals surface area contributed by atoms with Crippen LogP contribution >= 0.6 is 0 Å². The highest BCUT2D eigenvalue weighted by Gasteiger charge is 2.36. The summed E-state index contributed by atoms with van der Waals surface area (Å²) in [5.74, 6) is -1.54. The van der Waals surface area contributed by atoms with Crippen LogP contribution in [0.1, 0.15) is 26.2 Å². The van der Waals surface area contributed by atoms with Crippen molar-refractivity contribution < 1.29 is 26.7 Å². The molecule has 1 rings (SSSR count). The third-order valence-corrected chi connectivity index (χ3v) is 6.51. The first-order valence-corrected chi connectivity index (χ1v) is 9.65. The zero-order valence-electron chi connectivity index (χ0n) is 11.3. The molecule has 1 unspecified atom stereocenters. The van der Waals surface area contributed by atoms with Gasteiger partial charge in [0.1, 0.15) is 6.04 Å². The minimum Gasteiger partial charge on any atom is -0.480 e. The largest absolute Gasteiger partial charge is 0.480 e. The van der Waals surface area contributed by atoms with Gasteiger partial charge < -0.3 is 5.11 Å². The van der Waals surface area contributed by atoms with Gasteiger partial charge in [-0.2, -0.15) is 12.7 Å². The van der Waals surface area contributed by atoms with E-state index in [1.54, 1.807) is 0 Å². The minimum absolute atomic E-state index is 0.0593. The Morgan fingerprint density at radius 2 is 1.95 bits per heavy atom. The first-order valence-electron chi connectivity index (χ1n) is 6.39. The molecule has 10 heteroatoms. The van der Waals surface area contributed by atoms with Crippen LogP contribution in [0.4, 0.5) is 0 Å². The molecule has 8 nitrogen and oxygen atoms in total. The Morgan fingerprint density at radius 3 is 2.50 bits per heavy atom. The van der Waals surface area contributed by atoms with Crippen molar-refractivity contribution in [1.82, 2.24) is 9.03 Å². The van der Waals surface area contributed by atoms with Crippen molar-refractivity contribution in [2.75, 3.05) is 24.6 Å². The molecule has 2 N–H and O–H groups in total. The molecule has 0 aliphatic carbocycles. The van der Waals surface area contributed by atoms with Gasteiger partial charge in [0, 0.05) is 18.8 Å². The summed E-state index contributed by atoms with van der Waals surface area (Å²) >= 11 is 0. The highest BCUT2D eigenvalue weighted by atomic mass is 32.2. The van der Waals surface area contributed by atoms with Crippen LogP contribution in [0, 0.1) is 0 Å². The van der Waals surface area contributed by atoms with E-state index in [0.29, 0.717) is 12.8 Å². The number of aliphatic carboxylic acids is 1. The topological polar surface area (TPSA) is 121 Å². The molecule has 0 aromatic rings. The summed E-state index contributed by atoms with van der Waals surface area (Å²) in [6, 6.07) is -1.08. The molecule has 1 aliphatic heterocycles. The molecule has 0 spiro atoms. The molecule has 1 heterocycles. The molecule has 0 radical (unpaired) electrons. The van der Waals surface area contributed by atoms with Crippen molar-refractivity contribution >= 4 is 26.0 Å². The van der Waals surface area contributed by atoms with E-state index in [0.717, 1.165) is 4.31 Å². The van der Waals surface area contributed by atoms with Gasteiger partial charge in [0.25, 0.3) is 10.2 Å². The highest BCUT2D eigenvalue weighted by Crippen LogP contribution is 2.19. The lowest BCUT2D eigenvalue weighted by Gasteiger charge is -2.31. The van der Waals surface area contributed by atoms with Crippen LogP contribution in [0.5, 0.6) is 0 Å². The third-order valence-electron chi connectivity index (χ3n) is 3.18. The summed E-state index contributed by atoms with van der Waals surface area (Å²) in [4.78, 5) is 11.1. The summed E-state index contributed by atoms with van der Waals surface area (Å²) < 4.78 is 49.7. The summed E-state index contributed by atoms with van der Waals surface area (Å²) in [6.45, 7) is 1.36. The van der Waals surface area contributed by atoms with Crippen molar-refractivity contribution in [2.24, 2.45) is 0 Å². The summed E-state index contributed by atoms with van der Waals surface area (Å²) in [7, 11) is -7.23. The van der Waals surface area contributed by atoms with Gasteiger partial charge in [-0.15, -0.1) is 0 Å². The van der Waals surface area contributed by atoms with Crippen LogP contribution in [0.2, 0.25) is 0 Å². The van der Waals surface area contributed by atoms with Crippen molar-refractivity contribution in [3.63, 3.8) is 0 Å². The molecule has 1 atom stereocenters. The summed E-state index contributed by atoms with van der Waals surface area (Å²) in [5, 5.41) is 9.03. The lowest BCUT2D eigenvalue weighted by Crippen LogP contribution is -2.52. The molecule has 0 amide bonds. The van der Waals surface area contributed by atoms with E-state index >= 15 is 0 Å². The lowest BCUT2D eigenvalue weighted by atomic mass is 10.1. The average molecular weight is 328 g/mol. The van der Waals surface area contributed by atoms with E-state index in [2.05, 4.69) is 4.72 Å². The molecule has 0 aromatic heterocycles. The number of nitrogens with zero attached hydrogens (tertiary/aromatic N) is 1. The maximum absolute atomic E-state index is 12.0.